The van der Waals surface area contributed by atoms with Crippen molar-refractivity contribution in [3.63, 3.8) is 0 Å². The predicted octanol–water partition coefficient (Wildman–Crippen LogP) is 2.21. The average molecular weight is 173 g/mol. The number of alkyl halides is 2. The number of rotatable bonds is 4. The second-order valence-corrected chi connectivity index (χ2v) is 2.19. The number of hydrogen-bond donors (Lipinski definition) is 1. The van der Waals surface area contributed by atoms with Gasteiger partial charge in [0.15, 0.2) is 0 Å². The number of hydrogen-bond acceptors (Lipinski definition) is 1. The van der Waals surface area contributed by atoms with Crippen LogP contribution in [0.5, 0.6) is 0 Å². The molecule has 1 radical (unpaired) electrons. The molecule has 1 atom stereocenters. The van der Waals surface area contributed by atoms with E-state index in [1.54, 1.807) is 0 Å². The lowest BCUT2D eigenvalue weighted by Gasteiger charge is -2.19. The van der Waals surface area contributed by atoms with Gasteiger partial charge in [-0.1, -0.05) is 13.3 Å². The summed E-state index contributed by atoms with van der Waals surface area (Å²) in [4.78, 5) is 0. The highest BCUT2D eigenvalue weighted by Crippen LogP contribution is 2.33. The van der Waals surface area contributed by atoms with E-state index in [0.29, 0.717) is 0 Å². The molecule has 0 rings (SSSR count). The van der Waals surface area contributed by atoms with Crippen molar-refractivity contribution in [1.82, 2.24) is 0 Å². The van der Waals surface area contributed by atoms with Gasteiger partial charge in [0.1, 0.15) is 6.10 Å². The summed E-state index contributed by atoms with van der Waals surface area (Å²) >= 11 is 0. The summed E-state index contributed by atoms with van der Waals surface area (Å²) in [6, 6.07) is 0. The first-order valence-corrected chi connectivity index (χ1v) is 3.17. The molecule has 0 spiro atoms. The molecule has 0 aromatic heterocycles. The van der Waals surface area contributed by atoms with Crippen molar-refractivity contribution in [2.75, 3.05) is 0 Å². The van der Waals surface area contributed by atoms with Gasteiger partial charge in [0.25, 0.3) is 0 Å². The Kier molecular flexibility index (Phi) is 3.78. The Labute approximate surface area is 62.0 Å². The molecule has 0 aliphatic heterocycles. The lowest BCUT2D eigenvalue weighted by atomic mass is 10.1. The van der Waals surface area contributed by atoms with Crippen LogP contribution < -0.4 is 0 Å². The Morgan fingerprint density at radius 2 is 1.91 bits per heavy atom. The van der Waals surface area contributed by atoms with Gasteiger partial charge < -0.3 is 5.11 Å². The lowest BCUT2D eigenvalue weighted by Crippen LogP contribution is -2.36. The second kappa shape index (κ2) is 3.90. The molecule has 0 bridgehead atoms. The van der Waals surface area contributed by atoms with Gasteiger partial charge in [0, 0.05) is 0 Å². The van der Waals surface area contributed by atoms with Crippen LogP contribution in [-0.4, -0.2) is 17.1 Å². The van der Waals surface area contributed by atoms with E-state index in [0.717, 1.165) is 0 Å². The number of halogens is 4. The molecular formula is C6H9F4O. The largest absolute Gasteiger partial charge is 0.387 e. The van der Waals surface area contributed by atoms with Crippen LogP contribution in [0.25, 0.3) is 0 Å². The highest BCUT2D eigenvalue weighted by molar-refractivity contribution is 4.89. The van der Waals surface area contributed by atoms with E-state index in [9.17, 15) is 17.6 Å². The van der Waals surface area contributed by atoms with Crippen LogP contribution in [0.1, 0.15) is 19.8 Å². The third kappa shape index (κ3) is 2.65. The monoisotopic (exact) mass is 173 g/mol. The van der Waals surface area contributed by atoms with Crippen molar-refractivity contribution in [1.29, 1.82) is 0 Å². The standard InChI is InChI=1S/C6H9F4O/c1-2-3-4(11)6(9,10)5(7)8/h4,11H,2-3H2,1H3. The maximum atomic E-state index is 12.1. The highest BCUT2D eigenvalue weighted by Gasteiger charge is 2.49. The van der Waals surface area contributed by atoms with Gasteiger partial charge in [-0.2, -0.15) is 17.6 Å². The summed E-state index contributed by atoms with van der Waals surface area (Å²) in [6.45, 7) is 1.52. The molecule has 0 amide bonds. The summed E-state index contributed by atoms with van der Waals surface area (Å²) in [5, 5.41) is 8.50. The molecule has 0 aromatic carbocycles. The van der Waals surface area contributed by atoms with E-state index < -0.39 is 18.5 Å². The molecule has 67 valence electrons. The molecule has 11 heavy (non-hydrogen) atoms. The Hall–Kier alpha value is -0.320. The average Bonchev–Trinajstić information content (AvgIpc) is 1.88. The van der Waals surface area contributed by atoms with Crippen molar-refractivity contribution >= 4 is 0 Å². The van der Waals surface area contributed by atoms with Gasteiger partial charge >= 0.3 is 12.3 Å². The van der Waals surface area contributed by atoms with Crippen LogP contribution in [0.3, 0.4) is 0 Å². The van der Waals surface area contributed by atoms with Crippen LogP contribution in [-0.2, 0) is 0 Å². The van der Waals surface area contributed by atoms with Crippen molar-refractivity contribution < 1.29 is 22.7 Å². The fourth-order valence-corrected chi connectivity index (χ4v) is 0.581. The second-order valence-electron chi connectivity index (χ2n) is 2.19. The van der Waals surface area contributed by atoms with Crippen LogP contribution in [0, 0.1) is 6.43 Å². The highest BCUT2D eigenvalue weighted by atomic mass is 19.3. The van der Waals surface area contributed by atoms with Crippen LogP contribution in [0.2, 0.25) is 0 Å². The molecule has 0 saturated carbocycles. The van der Waals surface area contributed by atoms with Crippen LogP contribution in [0.4, 0.5) is 17.6 Å². The lowest BCUT2D eigenvalue weighted by molar-refractivity contribution is -0.143. The molecule has 1 nitrogen and oxygen atoms in total. The third-order valence-electron chi connectivity index (χ3n) is 1.23. The quantitative estimate of drug-likeness (QED) is 0.646. The third-order valence-corrected chi connectivity index (χ3v) is 1.23. The van der Waals surface area contributed by atoms with Crippen molar-refractivity contribution in [3.8, 4) is 0 Å². The summed E-state index contributed by atoms with van der Waals surface area (Å²) in [6.07, 6.45) is -5.38. The number of aliphatic hydroxyl groups is 1. The zero-order valence-corrected chi connectivity index (χ0v) is 5.95. The minimum atomic E-state index is -4.35. The molecule has 1 N–H and O–H groups in total. The first kappa shape index (κ1) is 10.7. The van der Waals surface area contributed by atoms with Crippen molar-refractivity contribution in [3.05, 3.63) is 6.43 Å². The Morgan fingerprint density at radius 1 is 1.45 bits per heavy atom. The minimum absolute atomic E-state index is 0.240. The van der Waals surface area contributed by atoms with Gasteiger partial charge in [-0.3, -0.25) is 0 Å². The molecule has 0 fully saturated rings. The molecule has 0 heterocycles. The molecule has 0 aliphatic carbocycles. The Bertz CT molecular complexity index is 115. The van der Waals surface area contributed by atoms with E-state index in [2.05, 4.69) is 0 Å². The van der Waals surface area contributed by atoms with E-state index in [1.807, 2.05) is 0 Å². The molecule has 1 unspecified atom stereocenters. The smallest absolute Gasteiger partial charge is 0.380 e. The first-order chi connectivity index (χ1) is 4.92. The zero-order chi connectivity index (χ0) is 9.07. The van der Waals surface area contributed by atoms with Gasteiger partial charge in [-0.15, -0.1) is 0 Å². The van der Waals surface area contributed by atoms with E-state index in [1.165, 1.54) is 6.92 Å². The van der Waals surface area contributed by atoms with E-state index >= 15 is 0 Å². The first-order valence-electron chi connectivity index (χ1n) is 3.17. The van der Waals surface area contributed by atoms with Crippen LogP contribution >= 0.6 is 0 Å². The molecular weight excluding hydrogens is 164 g/mol. The molecule has 0 saturated heterocycles. The summed E-state index contributed by atoms with van der Waals surface area (Å²) in [5.41, 5.74) is 0. The fourth-order valence-electron chi connectivity index (χ4n) is 0.581. The normalized spacial score (nSPS) is 15.5. The topological polar surface area (TPSA) is 20.2 Å². The maximum Gasteiger partial charge on any atom is 0.380 e. The van der Waals surface area contributed by atoms with Crippen molar-refractivity contribution in [2.45, 2.75) is 31.8 Å². The number of aliphatic hydroxyl groups excluding tert-OH is 1. The van der Waals surface area contributed by atoms with Crippen LogP contribution in [0.15, 0.2) is 0 Å². The fraction of sp³-hybridized carbons (Fsp3) is 0.833. The minimum Gasteiger partial charge on any atom is -0.387 e. The van der Waals surface area contributed by atoms with Crippen molar-refractivity contribution in [2.24, 2.45) is 0 Å². The summed E-state index contributed by atoms with van der Waals surface area (Å²) in [5.74, 6) is -4.35. The molecule has 5 heteroatoms. The summed E-state index contributed by atoms with van der Waals surface area (Å²) in [7, 11) is 0. The molecule has 0 aromatic rings. The molecule has 0 aliphatic rings. The maximum absolute atomic E-state index is 12.1. The SMILES string of the molecule is CCCC(O)C(F)(F)[C](F)F. The van der Waals surface area contributed by atoms with Gasteiger partial charge in [0.2, 0.25) is 0 Å². The van der Waals surface area contributed by atoms with Gasteiger partial charge in [-0.05, 0) is 6.42 Å². The van der Waals surface area contributed by atoms with E-state index in [4.69, 9.17) is 5.11 Å². The van der Waals surface area contributed by atoms with Gasteiger partial charge in [0.05, 0.1) is 0 Å². The Balaban J connectivity index is 4.05. The zero-order valence-electron chi connectivity index (χ0n) is 5.95. The van der Waals surface area contributed by atoms with E-state index in [-0.39, 0.29) is 12.8 Å². The van der Waals surface area contributed by atoms with Gasteiger partial charge in [-0.25, -0.2) is 0 Å². The predicted molar refractivity (Wildman–Crippen MR) is 31.3 cm³/mol. The Morgan fingerprint density at radius 3 is 2.18 bits per heavy atom. The summed E-state index contributed by atoms with van der Waals surface area (Å²) < 4.78 is 47.0.